The summed E-state index contributed by atoms with van der Waals surface area (Å²) in [7, 11) is 0. The first-order valence-electron chi connectivity index (χ1n) is 9.10. The van der Waals surface area contributed by atoms with Crippen LogP contribution in [0.2, 0.25) is 0 Å². The number of carbonyl (C=O) groups excluding carboxylic acids is 1. The van der Waals surface area contributed by atoms with Crippen LogP contribution >= 0.6 is 22.6 Å². The zero-order valence-electron chi connectivity index (χ0n) is 15.8. The van der Waals surface area contributed by atoms with Gasteiger partial charge in [-0.25, -0.2) is 9.78 Å². The number of imidazole rings is 1. The van der Waals surface area contributed by atoms with Crippen molar-refractivity contribution in [2.45, 2.75) is 43.5 Å². The summed E-state index contributed by atoms with van der Waals surface area (Å²) in [4.78, 5) is 21.7. The predicted octanol–water partition coefficient (Wildman–Crippen LogP) is 2.95. The van der Waals surface area contributed by atoms with E-state index in [1.807, 2.05) is 10.8 Å². The molecule has 1 fully saturated rings. The smallest absolute Gasteiger partial charge is 0.329 e. The fraction of sp³-hybridized carbons (Fsp3) is 0.611. The van der Waals surface area contributed by atoms with E-state index in [-0.39, 0.29) is 23.0 Å². The van der Waals surface area contributed by atoms with Gasteiger partial charge in [0.05, 0.1) is 22.9 Å². The van der Waals surface area contributed by atoms with Gasteiger partial charge in [0.2, 0.25) is 6.35 Å². The van der Waals surface area contributed by atoms with Crippen molar-refractivity contribution < 1.29 is 9.90 Å². The van der Waals surface area contributed by atoms with Crippen molar-refractivity contribution in [2.75, 3.05) is 19.6 Å². The molecule has 1 aromatic rings. The number of aliphatic hydroxyl groups is 1. The van der Waals surface area contributed by atoms with Crippen molar-refractivity contribution in [3.05, 3.63) is 31.1 Å². The molecule has 2 rings (SSSR count). The zero-order chi connectivity index (χ0) is 20.0. The monoisotopic (exact) mass is 486 g/mol. The number of nitriles is 1. The number of urea groups is 1. The first kappa shape index (κ1) is 21.5. The topological polar surface area (TPSA) is 88.6 Å². The Morgan fingerprint density at radius 3 is 2.78 bits per heavy atom. The second-order valence-corrected chi connectivity index (χ2v) is 8.14. The van der Waals surface area contributed by atoms with E-state index in [0.29, 0.717) is 31.2 Å². The number of hydrogen-bond acceptors (Lipinski definition) is 5. The molecule has 1 saturated heterocycles. The summed E-state index contributed by atoms with van der Waals surface area (Å²) in [6.45, 7) is 9.45. The molecule has 1 aromatic heterocycles. The average Bonchev–Trinajstić information content (AvgIpc) is 3.19. The minimum Gasteiger partial charge on any atom is -0.356 e. The Bertz CT molecular complexity index is 674. The van der Waals surface area contributed by atoms with E-state index < -0.39 is 6.35 Å². The molecule has 9 heteroatoms. The first-order chi connectivity index (χ1) is 12.9. The Morgan fingerprint density at radius 1 is 1.44 bits per heavy atom. The van der Waals surface area contributed by atoms with Crippen molar-refractivity contribution >= 4 is 28.6 Å². The van der Waals surface area contributed by atoms with Gasteiger partial charge in [-0.05, 0) is 12.3 Å². The van der Waals surface area contributed by atoms with Crippen molar-refractivity contribution in [1.29, 1.82) is 5.26 Å². The van der Waals surface area contributed by atoms with Gasteiger partial charge in [0, 0.05) is 32.0 Å². The number of aromatic nitrogens is 2. The van der Waals surface area contributed by atoms with E-state index in [2.05, 4.69) is 54.1 Å². The molecule has 1 aliphatic heterocycles. The second kappa shape index (κ2) is 9.94. The molecule has 0 aliphatic carbocycles. The molecule has 0 aromatic carbocycles. The number of alkyl halides is 1. The molecule has 1 aliphatic rings. The summed E-state index contributed by atoms with van der Waals surface area (Å²) in [5.41, 5.74) is 0. The normalized spacial score (nSPS) is 20.0. The minimum atomic E-state index is -1.05. The lowest BCUT2D eigenvalue weighted by Crippen LogP contribution is -2.63. The molecule has 3 atom stereocenters. The lowest BCUT2D eigenvalue weighted by molar-refractivity contribution is -0.113. The maximum atomic E-state index is 12.9. The Morgan fingerprint density at radius 2 is 2.19 bits per heavy atom. The molecule has 1 N–H and O–H groups in total. The van der Waals surface area contributed by atoms with Gasteiger partial charge >= 0.3 is 6.03 Å². The van der Waals surface area contributed by atoms with Gasteiger partial charge in [-0.1, -0.05) is 49.4 Å². The highest BCUT2D eigenvalue weighted by molar-refractivity contribution is 14.1. The summed E-state index contributed by atoms with van der Waals surface area (Å²) in [6, 6.07) is 1.76. The first-order valence-corrected chi connectivity index (χ1v) is 10.3. The van der Waals surface area contributed by atoms with Crippen molar-refractivity contribution in [1.82, 2.24) is 24.3 Å². The van der Waals surface area contributed by atoms with Crippen LogP contribution in [0, 0.1) is 17.2 Å². The number of carbonyl (C=O) groups is 1. The summed E-state index contributed by atoms with van der Waals surface area (Å²) in [5, 5.41) is 19.8. The van der Waals surface area contributed by atoms with Crippen LogP contribution in [0.5, 0.6) is 0 Å². The van der Waals surface area contributed by atoms with Crippen LogP contribution in [-0.4, -0.2) is 61.4 Å². The third-order valence-corrected chi connectivity index (χ3v) is 6.05. The van der Waals surface area contributed by atoms with E-state index in [4.69, 9.17) is 5.26 Å². The highest BCUT2D eigenvalue weighted by atomic mass is 127. The number of halogens is 1. The van der Waals surface area contributed by atoms with E-state index >= 15 is 0 Å². The molecule has 0 radical (unpaired) electrons. The van der Waals surface area contributed by atoms with Gasteiger partial charge in [0.15, 0.2) is 0 Å². The summed E-state index contributed by atoms with van der Waals surface area (Å²) in [6.07, 6.45) is 6.12. The highest BCUT2D eigenvalue weighted by Crippen LogP contribution is 2.28. The van der Waals surface area contributed by atoms with E-state index in [9.17, 15) is 9.90 Å². The predicted molar refractivity (Wildman–Crippen MR) is 110 cm³/mol. The quantitative estimate of drug-likeness (QED) is 0.429. The van der Waals surface area contributed by atoms with Crippen LogP contribution in [0.25, 0.3) is 0 Å². The van der Waals surface area contributed by atoms with Gasteiger partial charge in [-0.3, -0.25) is 9.80 Å². The molecule has 0 saturated carbocycles. The summed E-state index contributed by atoms with van der Waals surface area (Å²) >= 11 is 2.29. The van der Waals surface area contributed by atoms with Gasteiger partial charge in [0.1, 0.15) is 5.82 Å². The number of amides is 2. The Hall–Kier alpha value is -1.80. The van der Waals surface area contributed by atoms with Gasteiger partial charge in [0.25, 0.3) is 0 Å². The lowest BCUT2D eigenvalue weighted by atomic mass is 10.1. The van der Waals surface area contributed by atoms with Crippen LogP contribution in [0.1, 0.15) is 37.2 Å². The maximum absolute atomic E-state index is 12.9. The zero-order valence-corrected chi connectivity index (χ0v) is 18.0. The van der Waals surface area contributed by atoms with Crippen LogP contribution in [0.3, 0.4) is 0 Å². The van der Waals surface area contributed by atoms with Crippen LogP contribution in [0.4, 0.5) is 4.79 Å². The molecule has 1 unspecified atom stereocenters. The fourth-order valence-corrected chi connectivity index (χ4v) is 3.52. The lowest BCUT2D eigenvalue weighted by Gasteiger charge is -2.48. The van der Waals surface area contributed by atoms with E-state index in [0.717, 1.165) is 6.42 Å². The molecule has 148 valence electrons. The fourth-order valence-electron chi connectivity index (χ4n) is 2.91. The average molecular weight is 486 g/mol. The van der Waals surface area contributed by atoms with Crippen molar-refractivity contribution in [2.24, 2.45) is 5.92 Å². The summed E-state index contributed by atoms with van der Waals surface area (Å²) in [5.74, 6) is 0.799. The molecule has 0 bridgehead atoms. The molecule has 0 spiro atoms. The molecular weight excluding hydrogens is 459 g/mol. The number of hydrogen-bond donors (Lipinski definition) is 1. The van der Waals surface area contributed by atoms with E-state index in [1.165, 1.54) is 9.80 Å². The van der Waals surface area contributed by atoms with Gasteiger partial charge in [-0.15, -0.1) is 0 Å². The molecule has 2 amide bonds. The SMILES string of the molecule is C=C1N(CCC#N)C(=O)N(CC[C@@H](I)n2ccnc2)[C@H](O)N1CC(C)CC. The largest absolute Gasteiger partial charge is 0.356 e. The number of nitrogens with zero attached hydrogens (tertiary/aromatic N) is 6. The van der Waals surface area contributed by atoms with Gasteiger partial charge < -0.3 is 14.6 Å². The molecular formula is C18H27IN6O2. The standard InChI is InChI=1S/C18H27IN6O2/c1-4-14(2)12-25-15(3)23(9-5-7-20)17(26)24(18(25)27)10-6-16(19)22-11-8-21-13-22/h8,11,13-14,16,18,27H,3-6,9-10,12H2,1-2H3/t14?,16-,18-/m0/s1. The summed E-state index contributed by atoms with van der Waals surface area (Å²) < 4.78 is 2.08. The van der Waals surface area contributed by atoms with Crippen molar-refractivity contribution in [3.8, 4) is 6.07 Å². The number of aliphatic hydroxyl groups excluding tert-OH is 1. The molecule has 2 heterocycles. The third kappa shape index (κ3) is 5.13. The molecule has 8 nitrogen and oxygen atoms in total. The van der Waals surface area contributed by atoms with Crippen molar-refractivity contribution in [3.63, 3.8) is 0 Å². The maximum Gasteiger partial charge on any atom is 0.329 e. The Kier molecular flexibility index (Phi) is 7.91. The molecule has 27 heavy (non-hydrogen) atoms. The Labute approximate surface area is 174 Å². The third-order valence-electron chi connectivity index (χ3n) is 4.79. The second-order valence-electron chi connectivity index (χ2n) is 6.70. The van der Waals surface area contributed by atoms with Crippen LogP contribution in [0.15, 0.2) is 31.1 Å². The van der Waals surface area contributed by atoms with Crippen LogP contribution < -0.4 is 0 Å². The van der Waals surface area contributed by atoms with Gasteiger partial charge in [-0.2, -0.15) is 5.26 Å². The highest BCUT2D eigenvalue weighted by Gasteiger charge is 2.39. The number of rotatable bonds is 9. The Balaban J connectivity index is 2.15. The van der Waals surface area contributed by atoms with E-state index in [1.54, 1.807) is 17.4 Å². The minimum absolute atomic E-state index is 0.116. The van der Waals surface area contributed by atoms with Crippen LogP contribution in [-0.2, 0) is 0 Å².